The van der Waals surface area contributed by atoms with Crippen molar-refractivity contribution in [3.05, 3.63) is 52.8 Å². The number of hydrogen-bond acceptors (Lipinski definition) is 3. The highest BCUT2D eigenvalue weighted by Gasteiger charge is 2.04. The summed E-state index contributed by atoms with van der Waals surface area (Å²) in [6, 6.07) is 11.7. The molecule has 0 amide bonds. The number of anilines is 3. The number of benzene rings is 2. The lowest BCUT2D eigenvalue weighted by atomic mass is 10.1. The van der Waals surface area contributed by atoms with Gasteiger partial charge in [0.25, 0.3) is 0 Å². The Morgan fingerprint density at radius 3 is 2.58 bits per heavy atom. The van der Waals surface area contributed by atoms with E-state index in [4.69, 9.17) is 22.6 Å². The summed E-state index contributed by atoms with van der Waals surface area (Å²) < 4.78 is 13.0. The first-order valence-corrected chi connectivity index (χ1v) is 5.95. The zero-order valence-corrected chi connectivity index (χ0v) is 10.7. The van der Waals surface area contributed by atoms with Crippen molar-refractivity contribution >= 4 is 28.7 Å². The number of nitrogen functional groups attached to an aromatic ring is 1. The number of nitrogens with two attached hydrogens (primary N) is 1. The number of nitriles is 1. The average molecular weight is 276 g/mol. The molecular formula is C14H11ClFN3. The van der Waals surface area contributed by atoms with Crippen molar-refractivity contribution in [2.24, 2.45) is 0 Å². The van der Waals surface area contributed by atoms with Crippen LogP contribution in [0.5, 0.6) is 0 Å². The van der Waals surface area contributed by atoms with Crippen molar-refractivity contribution in [1.29, 1.82) is 5.26 Å². The second kappa shape index (κ2) is 5.59. The minimum Gasteiger partial charge on any atom is -0.398 e. The Morgan fingerprint density at radius 2 is 1.89 bits per heavy atom. The van der Waals surface area contributed by atoms with Crippen LogP contribution in [0.25, 0.3) is 0 Å². The molecule has 5 heteroatoms. The first-order chi connectivity index (χ1) is 9.10. The van der Waals surface area contributed by atoms with Crippen molar-refractivity contribution in [1.82, 2.24) is 0 Å². The van der Waals surface area contributed by atoms with Gasteiger partial charge in [-0.3, -0.25) is 0 Å². The molecule has 0 aromatic heterocycles. The molecule has 0 aliphatic heterocycles. The molecule has 0 fully saturated rings. The van der Waals surface area contributed by atoms with Gasteiger partial charge in [-0.15, -0.1) is 0 Å². The van der Waals surface area contributed by atoms with Gasteiger partial charge in [-0.25, -0.2) is 4.39 Å². The molecule has 0 radical (unpaired) electrons. The molecule has 0 aliphatic rings. The minimum absolute atomic E-state index is 0.0534. The first-order valence-electron chi connectivity index (χ1n) is 5.57. The second-order valence-electron chi connectivity index (χ2n) is 4.00. The SMILES string of the molecule is N#CCc1cc(Nc2ccc(F)c(Cl)c2)ccc1N. The van der Waals surface area contributed by atoms with Gasteiger partial charge in [0.1, 0.15) is 5.82 Å². The highest BCUT2D eigenvalue weighted by Crippen LogP contribution is 2.25. The highest BCUT2D eigenvalue weighted by molar-refractivity contribution is 6.31. The summed E-state index contributed by atoms with van der Waals surface area (Å²) in [6.45, 7) is 0. The molecule has 3 N–H and O–H groups in total. The second-order valence-corrected chi connectivity index (χ2v) is 4.41. The summed E-state index contributed by atoms with van der Waals surface area (Å²) in [7, 11) is 0. The van der Waals surface area contributed by atoms with Crippen LogP contribution in [0.15, 0.2) is 36.4 Å². The Kier molecular flexibility index (Phi) is 3.88. The zero-order chi connectivity index (χ0) is 13.8. The lowest BCUT2D eigenvalue weighted by Crippen LogP contribution is -1.97. The van der Waals surface area contributed by atoms with Crippen molar-refractivity contribution in [3.8, 4) is 6.07 Å². The molecule has 2 aromatic carbocycles. The van der Waals surface area contributed by atoms with Gasteiger partial charge in [0.2, 0.25) is 0 Å². The summed E-state index contributed by atoms with van der Waals surface area (Å²) in [5, 5.41) is 11.8. The molecule has 0 atom stereocenters. The summed E-state index contributed by atoms with van der Waals surface area (Å²) in [5.74, 6) is -0.463. The van der Waals surface area contributed by atoms with Crippen LogP contribution in [-0.2, 0) is 6.42 Å². The fourth-order valence-electron chi connectivity index (χ4n) is 1.66. The van der Waals surface area contributed by atoms with Gasteiger partial charge in [0, 0.05) is 17.1 Å². The van der Waals surface area contributed by atoms with Crippen LogP contribution < -0.4 is 11.1 Å². The normalized spacial score (nSPS) is 9.95. The number of rotatable bonds is 3. The molecule has 0 unspecified atom stereocenters. The quantitative estimate of drug-likeness (QED) is 0.836. The van der Waals surface area contributed by atoms with Crippen LogP contribution in [0.1, 0.15) is 5.56 Å². The van der Waals surface area contributed by atoms with Gasteiger partial charge in [0.05, 0.1) is 17.5 Å². The molecule has 0 saturated heterocycles. The van der Waals surface area contributed by atoms with E-state index in [2.05, 4.69) is 11.4 Å². The number of hydrogen-bond donors (Lipinski definition) is 2. The summed E-state index contributed by atoms with van der Waals surface area (Å²) in [5.41, 5.74) is 8.52. The van der Waals surface area contributed by atoms with E-state index in [0.29, 0.717) is 11.4 Å². The van der Waals surface area contributed by atoms with E-state index < -0.39 is 5.82 Å². The third kappa shape index (κ3) is 3.15. The molecule has 0 heterocycles. The van der Waals surface area contributed by atoms with E-state index in [1.54, 1.807) is 24.3 Å². The largest absolute Gasteiger partial charge is 0.398 e. The number of nitrogens with one attached hydrogen (secondary N) is 1. The van der Waals surface area contributed by atoms with Crippen molar-refractivity contribution < 1.29 is 4.39 Å². The summed E-state index contributed by atoms with van der Waals surface area (Å²) in [4.78, 5) is 0. The smallest absolute Gasteiger partial charge is 0.141 e. The van der Waals surface area contributed by atoms with Crippen LogP contribution in [0.4, 0.5) is 21.5 Å². The van der Waals surface area contributed by atoms with E-state index in [-0.39, 0.29) is 11.4 Å². The Hall–Kier alpha value is -2.25. The Bertz CT molecular complexity index is 650. The average Bonchev–Trinajstić information content (AvgIpc) is 2.38. The Morgan fingerprint density at radius 1 is 1.21 bits per heavy atom. The van der Waals surface area contributed by atoms with Gasteiger partial charge in [-0.1, -0.05) is 11.6 Å². The predicted molar refractivity (Wildman–Crippen MR) is 74.9 cm³/mol. The fourth-order valence-corrected chi connectivity index (χ4v) is 1.84. The monoisotopic (exact) mass is 275 g/mol. The van der Waals surface area contributed by atoms with E-state index in [1.807, 2.05) is 0 Å². The Balaban J connectivity index is 2.25. The van der Waals surface area contributed by atoms with Crippen molar-refractivity contribution in [2.45, 2.75) is 6.42 Å². The number of halogens is 2. The molecule has 2 rings (SSSR count). The third-order valence-corrected chi connectivity index (χ3v) is 2.91. The van der Waals surface area contributed by atoms with Crippen LogP contribution in [-0.4, -0.2) is 0 Å². The molecule has 19 heavy (non-hydrogen) atoms. The number of nitrogens with zero attached hydrogens (tertiary/aromatic N) is 1. The van der Waals surface area contributed by atoms with Gasteiger partial charge in [0.15, 0.2) is 0 Å². The van der Waals surface area contributed by atoms with Gasteiger partial charge in [-0.05, 0) is 42.0 Å². The van der Waals surface area contributed by atoms with Gasteiger partial charge >= 0.3 is 0 Å². The molecule has 0 saturated carbocycles. The third-order valence-electron chi connectivity index (χ3n) is 2.62. The molecule has 0 aliphatic carbocycles. The van der Waals surface area contributed by atoms with E-state index >= 15 is 0 Å². The maximum Gasteiger partial charge on any atom is 0.141 e. The van der Waals surface area contributed by atoms with Crippen molar-refractivity contribution in [3.63, 3.8) is 0 Å². The van der Waals surface area contributed by atoms with Crippen LogP contribution in [0, 0.1) is 17.1 Å². The highest BCUT2D eigenvalue weighted by atomic mass is 35.5. The first kappa shape index (κ1) is 13.2. The molecule has 3 nitrogen and oxygen atoms in total. The lowest BCUT2D eigenvalue weighted by Gasteiger charge is -2.09. The summed E-state index contributed by atoms with van der Waals surface area (Å²) in [6.07, 6.45) is 0.242. The Labute approximate surface area is 115 Å². The van der Waals surface area contributed by atoms with Crippen LogP contribution in [0.2, 0.25) is 5.02 Å². The predicted octanol–water partition coefficient (Wildman–Crippen LogP) is 3.87. The van der Waals surface area contributed by atoms with Gasteiger partial charge in [-0.2, -0.15) is 5.26 Å². The zero-order valence-electron chi connectivity index (χ0n) is 9.95. The fraction of sp³-hybridized carbons (Fsp3) is 0.0714. The molecular weight excluding hydrogens is 265 g/mol. The topological polar surface area (TPSA) is 61.8 Å². The molecule has 0 spiro atoms. The van der Waals surface area contributed by atoms with E-state index in [9.17, 15) is 4.39 Å². The molecule has 0 bridgehead atoms. The van der Waals surface area contributed by atoms with Crippen LogP contribution in [0.3, 0.4) is 0 Å². The van der Waals surface area contributed by atoms with E-state index in [0.717, 1.165) is 11.3 Å². The summed E-state index contributed by atoms with van der Waals surface area (Å²) >= 11 is 5.71. The van der Waals surface area contributed by atoms with Crippen LogP contribution >= 0.6 is 11.6 Å². The molecule has 96 valence electrons. The standard InChI is InChI=1S/C14H11ClFN3/c15-12-8-11(1-3-13(12)16)19-10-2-4-14(18)9(7-10)5-6-17/h1-4,7-8,19H,5,18H2. The van der Waals surface area contributed by atoms with E-state index in [1.165, 1.54) is 12.1 Å². The minimum atomic E-state index is -0.463. The molecule has 2 aromatic rings. The maximum absolute atomic E-state index is 13.0. The lowest BCUT2D eigenvalue weighted by molar-refractivity contribution is 0.628. The van der Waals surface area contributed by atoms with Gasteiger partial charge < -0.3 is 11.1 Å². The maximum atomic E-state index is 13.0. The van der Waals surface area contributed by atoms with Crippen molar-refractivity contribution in [2.75, 3.05) is 11.1 Å².